The summed E-state index contributed by atoms with van der Waals surface area (Å²) in [4.78, 5) is 14.1. The topological polar surface area (TPSA) is 96.3 Å². The normalized spacial score (nSPS) is 12.0. The Morgan fingerprint density at radius 2 is 2.29 bits per heavy atom. The molecule has 0 aliphatic carbocycles. The van der Waals surface area contributed by atoms with E-state index in [4.69, 9.17) is 10.5 Å². The lowest BCUT2D eigenvalue weighted by molar-refractivity contribution is 0.0833. The summed E-state index contributed by atoms with van der Waals surface area (Å²) in [5.41, 5.74) is 7.40. The minimum atomic E-state index is -0.139. The largest absolute Gasteiger partial charge is 0.492 e. The van der Waals surface area contributed by atoms with Crippen LogP contribution in [0.2, 0.25) is 0 Å². The molecule has 21 heavy (non-hydrogen) atoms. The van der Waals surface area contributed by atoms with Crippen molar-refractivity contribution >= 4 is 27.9 Å². The number of anilines is 2. The number of nitrogen functional groups attached to an aromatic ring is 1. The summed E-state index contributed by atoms with van der Waals surface area (Å²) in [5.74, 6) is 0.361. The van der Waals surface area contributed by atoms with Gasteiger partial charge in [0.05, 0.1) is 19.3 Å². The summed E-state index contributed by atoms with van der Waals surface area (Å²) < 4.78 is 5.33. The van der Waals surface area contributed by atoms with Crippen molar-refractivity contribution in [2.24, 2.45) is 0 Å². The van der Waals surface area contributed by atoms with Crippen molar-refractivity contribution in [1.29, 1.82) is 0 Å². The van der Waals surface area contributed by atoms with Gasteiger partial charge in [0.1, 0.15) is 15.6 Å². The number of ether oxygens (including phenoxy) is 1. The molecule has 8 heteroatoms. The molecule has 7 nitrogen and oxygen atoms in total. The van der Waals surface area contributed by atoms with E-state index >= 15 is 0 Å². The van der Waals surface area contributed by atoms with Crippen molar-refractivity contribution in [3.63, 3.8) is 0 Å². The van der Waals surface area contributed by atoms with E-state index < -0.39 is 0 Å². The first kappa shape index (κ1) is 15.2. The molecule has 0 aliphatic rings. The summed E-state index contributed by atoms with van der Waals surface area (Å²) in [6.07, 6.45) is 3.56. The predicted octanol–water partition coefficient (Wildman–Crippen LogP) is 1.94. The van der Waals surface area contributed by atoms with E-state index in [1.807, 2.05) is 13.1 Å². The Morgan fingerprint density at radius 3 is 2.81 bits per heavy atom. The second kappa shape index (κ2) is 6.04. The molecule has 114 valence electrons. The zero-order valence-corrected chi connectivity index (χ0v) is 13.2. The fraction of sp³-hybridized carbons (Fsp3) is 0.385. The number of H-pyrrole nitrogens is 1. The molecule has 1 atom stereocenters. The number of thiophene rings is 1. The molecule has 0 saturated heterocycles. The van der Waals surface area contributed by atoms with Crippen LogP contribution in [0, 0.1) is 0 Å². The van der Waals surface area contributed by atoms with Gasteiger partial charge < -0.3 is 20.7 Å². The van der Waals surface area contributed by atoms with E-state index in [2.05, 4.69) is 15.5 Å². The lowest BCUT2D eigenvalue weighted by Crippen LogP contribution is -2.21. The Kier molecular flexibility index (Phi) is 4.37. The molecule has 0 radical (unpaired) electrons. The molecule has 0 spiro atoms. The van der Waals surface area contributed by atoms with Gasteiger partial charge >= 0.3 is 0 Å². The molecule has 1 unspecified atom stereocenters. The molecular weight excluding hydrogens is 290 g/mol. The molecule has 2 rings (SSSR count). The van der Waals surface area contributed by atoms with E-state index in [0.29, 0.717) is 16.3 Å². The lowest BCUT2D eigenvalue weighted by atomic mass is 10.2. The number of aromatic nitrogens is 2. The maximum Gasteiger partial charge on any atom is 0.265 e. The number of methoxy groups -OCH3 is 1. The fourth-order valence-corrected chi connectivity index (χ4v) is 3.06. The van der Waals surface area contributed by atoms with Crippen molar-refractivity contribution in [3.05, 3.63) is 22.8 Å². The highest BCUT2D eigenvalue weighted by Crippen LogP contribution is 2.44. The number of aromatic amines is 1. The Morgan fingerprint density at radius 1 is 1.57 bits per heavy atom. The number of carbonyl (C=O) groups excluding carboxylic acids is 1. The molecule has 1 amide bonds. The van der Waals surface area contributed by atoms with Crippen LogP contribution in [0.4, 0.5) is 10.7 Å². The van der Waals surface area contributed by atoms with Gasteiger partial charge in [-0.25, -0.2) is 0 Å². The van der Waals surface area contributed by atoms with Crippen LogP contribution in [0.3, 0.4) is 0 Å². The van der Waals surface area contributed by atoms with Gasteiger partial charge in [-0.3, -0.25) is 9.89 Å². The summed E-state index contributed by atoms with van der Waals surface area (Å²) in [6, 6.07) is 0.0120. The first-order chi connectivity index (χ1) is 9.95. The average molecular weight is 309 g/mol. The summed E-state index contributed by atoms with van der Waals surface area (Å²) in [7, 11) is 4.92. The molecule has 0 fully saturated rings. The highest BCUT2D eigenvalue weighted by molar-refractivity contribution is 7.19. The van der Waals surface area contributed by atoms with Crippen molar-refractivity contribution < 1.29 is 9.53 Å². The Balaban J connectivity index is 2.31. The molecule has 4 N–H and O–H groups in total. The minimum Gasteiger partial charge on any atom is -0.492 e. The van der Waals surface area contributed by atoms with Gasteiger partial charge in [-0.15, -0.1) is 11.3 Å². The van der Waals surface area contributed by atoms with Gasteiger partial charge in [0.25, 0.3) is 5.91 Å². The third-order valence-corrected chi connectivity index (χ3v) is 4.18. The zero-order valence-electron chi connectivity index (χ0n) is 12.4. The van der Waals surface area contributed by atoms with Crippen molar-refractivity contribution in [1.82, 2.24) is 15.1 Å². The van der Waals surface area contributed by atoms with E-state index in [1.165, 1.54) is 23.3 Å². The van der Waals surface area contributed by atoms with E-state index in [-0.39, 0.29) is 11.9 Å². The Hall–Kier alpha value is -2.22. The van der Waals surface area contributed by atoms with Gasteiger partial charge in [-0.2, -0.15) is 5.10 Å². The SMILES string of the molecule is COc1c(NC(C)c2cn[nH]c2)sc(C(=O)N(C)C)c1N. The summed E-state index contributed by atoms with van der Waals surface area (Å²) in [5, 5.41) is 10.7. The summed E-state index contributed by atoms with van der Waals surface area (Å²) in [6.45, 7) is 1.99. The van der Waals surface area contributed by atoms with E-state index in [9.17, 15) is 4.79 Å². The molecule has 0 bridgehead atoms. The quantitative estimate of drug-likeness (QED) is 0.784. The Labute approximate surface area is 127 Å². The van der Waals surface area contributed by atoms with Gasteiger partial charge in [-0.05, 0) is 6.92 Å². The van der Waals surface area contributed by atoms with Gasteiger partial charge in [0, 0.05) is 25.9 Å². The number of nitrogens with one attached hydrogen (secondary N) is 2. The second-order valence-corrected chi connectivity index (χ2v) is 5.83. The van der Waals surface area contributed by atoms with Crippen LogP contribution >= 0.6 is 11.3 Å². The molecule has 0 saturated carbocycles. The first-order valence-electron chi connectivity index (χ1n) is 6.38. The standard InChI is InChI=1S/C13H19N5O2S/c1-7(8-5-15-16-6-8)17-12-10(20-4)9(14)11(21-12)13(19)18(2)3/h5-7,17H,14H2,1-4H3,(H,15,16). The number of rotatable bonds is 5. The number of carbonyl (C=O) groups is 1. The van der Waals surface area contributed by atoms with Crippen LogP contribution in [0.25, 0.3) is 0 Å². The molecular formula is C13H19N5O2S. The van der Waals surface area contributed by atoms with Crippen LogP contribution in [0.5, 0.6) is 5.75 Å². The molecule has 2 aromatic rings. The summed E-state index contributed by atoms with van der Waals surface area (Å²) >= 11 is 1.29. The second-order valence-electron chi connectivity index (χ2n) is 4.80. The number of nitrogens with zero attached hydrogens (tertiary/aromatic N) is 2. The van der Waals surface area contributed by atoms with Gasteiger partial charge in [0.2, 0.25) is 0 Å². The number of hydrogen-bond acceptors (Lipinski definition) is 6. The maximum absolute atomic E-state index is 12.1. The lowest BCUT2D eigenvalue weighted by Gasteiger charge is -2.13. The fourth-order valence-electron chi connectivity index (χ4n) is 1.87. The predicted molar refractivity (Wildman–Crippen MR) is 83.9 cm³/mol. The number of amides is 1. The third-order valence-electron chi connectivity index (χ3n) is 3.07. The Bertz CT molecular complexity index is 621. The molecule has 0 aromatic carbocycles. The van der Waals surface area contributed by atoms with E-state index in [0.717, 1.165) is 10.6 Å². The van der Waals surface area contributed by atoms with Crippen molar-refractivity contribution in [3.8, 4) is 5.75 Å². The molecule has 2 aromatic heterocycles. The van der Waals surface area contributed by atoms with Gasteiger partial charge in [-0.1, -0.05) is 0 Å². The smallest absolute Gasteiger partial charge is 0.265 e. The van der Waals surface area contributed by atoms with Crippen molar-refractivity contribution in [2.45, 2.75) is 13.0 Å². The van der Waals surface area contributed by atoms with Crippen LogP contribution in [-0.2, 0) is 0 Å². The van der Waals surface area contributed by atoms with Crippen LogP contribution in [0.1, 0.15) is 28.2 Å². The van der Waals surface area contributed by atoms with E-state index in [1.54, 1.807) is 20.3 Å². The van der Waals surface area contributed by atoms with Crippen molar-refractivity contribution in [2.75, 3.05) is 32.3 Å². The van der Waals surface area contributed by atoms with Crippen LogP contribution < -0.4 is 15.8 Å². The number of nitrogens with two attached hydrogens (primary N) is 1. The highest BCUT2D eigenvalue weighted by atomic mass is 32.1. The maximum atomic E-state index is 12.1. The highest BCUT2D eigenvalue weighted by Gasteiger charge is 2.24. The third kappa shape index (κ3) is 2.94. The van der Waals surface area contributed by atoms with Crippen LogP contribution in [0.15, 0.2) is 12.4 Å². The van der Waals surface area contributed by atoms with Crippen LogP contribution in [-0.4, -0.2) is 42.2 Å². The molecule has 0 aliphatic heterocycles. The molecule has 2 heterocycles. The zero-order chi connectivity index (χ0) is 15.6. The monoisotopic (exact) mass is 309 g/mol. The number of hydrogen-bond donors (Lipinski definition) is 3. The minimum absolute atomic E-state index is 0.0120. The first-order valence-corrected chi connectivity index (χ1v) is 7.20. The van der Waals surface area contributed by atoms with Gasteiger partial charge in [0.15, 0.2) is 5.75 Å². The average Bonchev–Trinajstić information content (AvgIpc) is 3.06.